The van der Waals surface area contributed by atoms with Gasteiger partial charge >= 0.3 is 0 Å². The standard InChI is InChI=1S/C46H91N2/c1-4-7-10-13-16-18-20-22-24-25-26-27-29-31-33-35-38-41-46-47(42-39-36-15-12-9-6-3)44-45-48(46)43-40-37-34-32-30-28-23-21-19-17-14-11-8-5-2/h44-45H,4-43H2,1-3H3/q+1. The Morgan fingerprint density at radius 1 is 0.354 bits per heavy atom. The topological polar surface area (TPSA) is 8.81 Å². The van der Waals surface area contributed by atoms with Gasteiger partial charge in [0.15, 0.2) is 0 Å². The van der Waals surface area contributed by atoms with Gasteiger partial charge < -0.3 is 0 Å². The van der Waals surface area contributed by atoms with Crippen molar-refractivity contribution in [1.29, 1.82) is 0 Å². The lowest BCUT2D eigenvalue weighted by molar-refractivity contribution is -0.704. The molecule has 0 bridgehead atoms. The zero-order valence-electron chi connectivity index (χ0n) is 33.8. The van der Waals surface area contributed by atoms with Crippen LogP contribution < -0.4 is 4.57 Å². The van der Waals surface area contributed by atoms with Gasteiger partial charge in [-0.2, -0.15) is 0 Å². The number of nitrogens with zero attached hydrogens (tertiary/aromatic N) is 2. The number of rotatable bonds is 40. The SMILES string of the molecule is CCCCCCCCCCCCCCCCCCCc1n(CCCCCCCC)cc[n+]1CCCCCCCCCCCCCCCC. The van der Waals surface area contributed by atoms with Crippen LogP contribution in [0.5, 0.6) is 0 Å². The molecule has 0 saturated heterocycles. The summed E-state index contributed by atoms with van der Waals surface area (Å²) in [5, 5.41) is 0. The summed E-state index contributed by atoms with van der Waals surface area (Å²) in [7, 11) is 0. The van der Waals surface area contributed by atoms with Gasteiger partial charge in [0, 0.05) is 6.42 Å². The van der Waals surface area contributed by atoms with E-state index < -0.39 is 0 Å². The second kappa shape index (κ2) is 37.5. The maximum Gasteiger partial charge on any atom is 0.256 e. The van der Waals surface area contributed by atoms with Crippen LogP contribution in [-0.4, -0.2) is 4.57 Å². The molecule has 0 radical (unpaired) electrons. The van der Waals surface area contributed by atoms with Gasteiger partial charge in [0.25, 0.3) is 5.82 Å². The molecule has 2 heteroatoms. The predicted molar refractivity (Wildman–Crippen MR) is 216 cm³/mol. The lowest BCUT2D eigenvalue weighted by Crippen LogP contribution is -2.37. The highest BCUT2D eigenvalue weighted by Crippen LogP contribution is 2.16. The quantitative estimate of drug-likeness (QED) is 0.0485. The van der Waals surface area contributed by atoms with Crippen LogP contribution in [0.25, 0.3) is 0 Å². The minimum Gasteiger partial charge on any atom is -0.234 e. The maximum atomic E-state index is 2.64. The molecule has 0 spiro atoms. The molecule has 1 aromatic heterocycles. The van der Waals surface area contributed by atoms with Gasteiger partial charge in [0.05, 0.1) is 13.1 Å². The molecule has 1 heterocycles. The fraction of sp³-hybridized carbons (Fsp3) is 0.935. The molecule has 1 rings (SSSR count). The number of hydrogen-bond acceptors (Lipinski definition) is 0. The summed E-state index contributed by atoms with van der Waals surface area (Å²) in [6, 6.07) is 0. The molecule has 0 N–H and O–H groups in total. The van der Waals surface area contributed by atoms with Crippen molar-refractivity contribution in [2.24, 2.45) is 0 Å². The highest BCUT2D eigenvalue weighted by molar-refractivity contribution is 4.84. The summed E-state index contributed by atoms with van der Waals surface area (Å²) in [6.07, 6.45) is 59.4. The van der Waals surface area contributed by atoms with Crippen LogP contribution >= 0.6 is 0 Å². The summed E-state index contributed by atoms with van der Waals surface area (Å²) < 4.78 is 5.28. The first-order valence-electron chi connectivity index (χ1n) is 22.9. The van der Waals surface area contributed by atoms with Crippen LogP contribution in [-0.2, 0) is 19.5 Å². The molecular weight excluding hydrogens is 581 g/mol. The number of aromatic nitrogens is 2. The fourth-order valence-electron chi connectivity index (χ4n) is 7.74. The minimum absolute atomic E-state index is 1.23. The first-order chi connectivity index (χ1) is 23.8. The Balaban J connectivity index is 2.18. The molecule has 2 nitrogen and oxygen atoms in total. The van der Waals surface area contributed by atoms with Gasteiger partial charge in [0.1, 0.15) is 12.4 Å². The van der Waals surface area contributed by atoms with Crippen molar-refractivity contribution in [3.63, 3.8) is 0 Å². The molecule has 0 amide bonds. The van der Waals surface area contributed by atoms with Gasteiger partial charge in [-0.3, -0.25) is 0 Å². The van der Waals surface area contributed by atoms with Crippen LogP contribution in [0.3, 0.4) is 0 Å². The Hall–Kier alpha value is -0.790. The van der Waals surface area contributed by atoms with E-state index in [4.69, 9.17) is 0 Å². The van der Waals surface area contributed by atoms with E-state index in [1.807, 2.05) is 0 Å². The Morgan fingerprint density at radius 3 is 1.00 bits per heavy atom. The van der Waals surface area contributed by atoms with Crippen molar-refractivity contribution < 1.29 is 4.57 Å². The van der Waals surface area contributed by atoms with Crippen molar-refractivity contribution in [1.82, 2.24) is 4.57 Å². The molecule has 0 aromatic carbocycles. The predicted octanol–water partition coefficient (Wildman–Crippen LogP) is 15.8. The van der Waals surface area contributed by atoms with Gasteiger partial charge in [0.2, 0.25) is 0 Å². The van der Waals surface area contributed by atoms with E-state index in [1.54, 1.807) is 5.82 Å². The highest BCUT2D eigenvalue weighted by atomic mass is 15.1. The van der Waals surface area contributed by atoms with Crippen LogP contribution in [0.15, 0.2) is 12.4 Å². The third-order valence-corrected chi connectivity index (χ3v) is 11.1. The first kappa shape index (κ1) is 45.2. The largest absolute Gasteiger partial charge is 0.256 e. The van der Waals surface area contributed by atoms with Gasteiger partial charge in [-0.1, -0.05) is 226 Å². The summed E-state index contributed by atoms with van der Waals surface area (Å²) >= 11 is 0. The minimum atomic E-state index is 1.23. The van der Waals surface area contributed by atoms with Crippen LogP contribution in [0, 0.1) is 0 Å². The average molecular weight is 672 g/mol. The molecule has 0 unspecified atom stereocenters. The molecule has 0 aliphatic heterocycles. The lowest BCUT2D eigenvalue weighted by atomic mass is 10.0. The smallest absolute Gasteiger partial charge is 0.234 e. The van der Waals surface area contributed by atoms with E-state index >= 15 is 0 Å². The van der Waals surface area contributed by atoms with Crippen molar-refractivity contribution >= 4 is 0 Å². The third kappa shape index (κ3) is 29.0. The number of imidazole rings is 1. The molecule has 0 aliphatic carbocycles. The summed E-state index contributed by atoms with van der Waals surface area (Å²) in [5.74, 6) is 1.62. The van der Waals surface area contributed by atoms with E-state index in [0.29, 0.717) is 0 Å². The number of unbranched alkanes of at least 4 members (excludes halogenated alkanes) is 34. The zero-order chi connectivity index (χ0) is 34.4. The molecule has 284 valence electrons. The van der Waals surface area contributed by atoms with Crippen molar-refractivity contribution in [2.75, 3.05) is 0 Å². The second-order valence-corrected chi connectivity index (χ2v) is 15.9. The molecule has 0 saturated carbocycles. The summed E-state index contributed by atoms with van der Waals surface area (Å²) in [5.41, 5.74) is 0. The molecule has 48 heavy (non-hydrogen) atoms. The molecule has 0 aliphatic rings. The second-order valence-electron chi connectivity index (χ2n) is 15.9. The van der Waals surface area contributed by atoms with Crippen LogP contribution in [0.1, 0.15) is 264 Å². The van der Waals surface area contributed by atoms with E-state index in [9.17, 15) is 0 Å². The van der Waals surface area contributed by atoms with Crippen molar-refractivity contribution in [3.8, 4) is 0 Å². The Kier molecular flexibility index (Phi) is 35.3. The highest BCUT2D eigenvalue weighted by Gasteiger charge is 2.16. The Bertz CT molecular complexity index is 736. The Morgan fingerprint density at radius 2 is 0.646 bits per heavy atom. The van der Waals surface area contributed by atoms with E-state index in [1.165, 1.54) is 257 Å². The Labute approximate surface area is 304 Å². The normalized spacial score (nSPS) is 11.6. The fourth-order valence-corrected chi connectivity index (χ4v) is 7.74. The van der Waals surface area contributed by atoms with Gasteiger partial charge in [-0.25, -0.2) is 9.13 Å². The van der Waals surface area contributed by atoms with Crippen molar-refractivity contribution in [2.45, 2.75) is 278 Å². The molecule has 0 fully saturated rings. The maximum absolute atomic E-state index is 2.64. The average Bonchev–Trinajstić information content (AvgIpc) is 3.48. The monoisotopic (exact) mass is 672 g/mol. The molecule has 0 atom stereocenters. The van der Waals surface area contributed by atoms with E-state index in [0.717, 1.165) is 0 Å². The van der Waals surface area contributed by atoms with Gasteiger partial charge in [-0.05, 0) is 32.1 Å². The number of hydrogen-bond donors (Lipinski definition) is 0. The van der Waals surface area contributed by atoms with Crippen LogP contribution in [0.4, 0.5) is 0 Å². The number of aryl methyl sites for hydroxylation is 2. The van der Waals surface area contributed by atoms with E-state index in [-0.39, 0.29) is 0 Å². The van der Waals surface area contributed by atoms with Gasteiger partial charge in [-0.15, -0.1) is 0 Å². The van der Waals surface area contributed by atoms with E-state index in [2.05, 4.69) is 42.3 Å². The third-order valence-electron chi connectivity index (χ3n) is 11.1. The van der Waals surface area contributed by atoms with Crippen LogP contribution in [0.2, 0.25) is 0 Å². The summed E-state index contributed by atoms with van der Waals surface area (Å²) in [6.45, 7) is 9.41. The lowest BCUT2D eigenvalue weighted by Gasteiger charge is -2.07. The summed E-state index contributed by atoms with van der Waals surface area (Å²) in [4.78, 5) is 0. The zero-order valence-corrected chi connectivity index (χ0v) is 33.8. The molecular formula is C46H91N2+. The molecule has 1 aromatic rings. The van der Waals surface area contributed by atoms with Crippen molar-refractivity contribution in [3.05, 3.63) is 18.2 Å². The first-order valence-corrected chi connectivity index (χ1v) is 22.9.